The number of aromatic amines is 1. The minimum atomic E-state index is -1.72. The monoisotopic (exact) mass is 1020 g/mol. The van der Waals surface area contributed by atoms with Crippen LogP contribution < -0.4 is 5.32 Å². The van der Waals surface area contributed by atoms with Crippen molar-refractivity contribution in [2.75, 3.05) is 6.61 Å². The highest BCUT2D eigenvalue weighted by Crippen LogP contribution is 2.39. The maximum absolute atomic E-state index is 14.1. The number of carbonyl (C=O) groups excluding carboxylic acids is 2. The largest absolute Gasteiger partial charge is 0.479 e. The van der Waals surface area contributed by atoms with Crippen LogP contribution in [0.1, 0.15) is 93.3 Å². The molecular formula is C50H66N6O17. The highest BCUT2D eigenvalue weighted by molar-refractivity contribution is 5.89. The number of benzene rings is 2. The first-order valence-electron chi connectivity index (χ1n) is 25.1. The Balaban J connectivity index is 1.01. The van der Waals surface area contributed by atoms with Gasteiger partial charge < -0.3 is 69.4 Å². The smallest absolute Gasteiger partial charge is 0.338 e. The van der Waals surface area contributed by atoms with Crippen molar-refractivity contribution in [2.45, 2.75) is 171 Å². The number of hydrogen-bond acceptors (Lipinski definition) is 18. The van der Waals surface area contributed by atoms with Crippen LogP contribution in [0.25, 0.3) is 10.9 Å². The number of hydrogen-bond donors (Lipinski definition) is 8. The van der Waals surface area contributed by atoms with E-state index in [0.29, 0.717) is 25.1 Å². The minimum absolute atomic E-state index is 0.00235. The standard InChI is InChI=1S/C50H66N6O17/c1-26-18-31(46(62)52-23-32-24-55(54-53-32)17-9-14-30-22-51-35-16-15-33(56(66)67)21-34(30)35)20-36(43(26)73-49-42(61)41(60)39(58)27(2)68-49)70-50-45(72-48(65)29-12-7-4-8-13-29)44(40(59)38(25-57)71-50)69-37(47(63)64)19-28-10-5-3-6-11-28/h4,7-8,12-13,15-16,21-22,24,26-28,31,36-45,49-51,57-61H,3,5-6,9-11,14,17-20,23,25H2,1-2H3,(H,52,62)(H,63,64)/t26-,27?,31?,36-,37+,38+,39-,40+,41?,42+,43?,44?,45?,49+,50-/m1/s1. The number of nitrogens with zero attached hydrogens (tertiary/aromatic N) is 4. The number of esters is 1. The number of nitro groups is 1. The fraction of sp³-hybridized carbons (Fsp3) is 0.620. The molecule has 8 N–H and O–H groups in total. The van der Waals surface area contributed by atoms with Crippen molar-refractivity contribution in [1.29, 1.82) is 0 Å². The van der Waals surface area contributed by atoms with Gasteiger partial charge in [-0.15, -0.1) is 5.10 Å². The van der Waals surface area contributed by atoms with Crippen molar-refractivity contribution in [3.63, 3.8) is 0 Å². The SMILES string of the molecule is CC1O[C@@H](OC2[C@H](C)CC(C(=O)NCc3cn(CCCc4c[nH]c5ccc([N+](=O)[O-])cc45)nn3)C[C@H]2O[C@@H]2O[C@@H](CO)[C@H](O)C(O[C@@H](CC3CCCCC3)C(=O)O)C2OC(=O)c2ccccc2)[C@@H](O)C(O)[C@@H]1O. The van der Waals surface area contributed by atoms with Gasteiger partial charge in [-0.05, 0) is 74.6 Å². The molecule has 73 heavy (non-hydrogen) atoms. The van der Waals surface area contributed by atoms with E-state index in [4.69, 9.17) is 28.4 Å². The third kappa shape index (κ3) is 12.9. The number of ether oxygens (including phenoxy) is 6. The number of aryl methyl sites for hydroxylation is 2. The van der Waals surface area contributed by atoms with E-state index in [1.165, 1.54) is 25.1 Å². The molecule has 0 radical (unpaired) electrons. The second kappa shape index (κ2) is 24.3. The number of aliphatic carboxylic acids is 1. The van der Waals surface area contributed by atoms with Gasteiger partial charge in [0.25, 0.3) is 5.69 Å². The predicted molar refractivity (Wildman–Crippen MR) is 254 cm³/mol. The number of aromatic nitrogens is 4. The molecule has 15 atom stereocenters. The molecule has 2 saturated heterocycles. The number of aliphatic hydroxyl groups is 5. The van der Waals surface area contributed by atoms with Crippen molar-refractivity contribution < 1.29 is 78.4 Å². The van der Waals surface area contributed by atoms with E-state index in [9.17, 15) is 55.1 Å². The number of fused-ring (bicyclic) bond motifs is 1. The Morgan fingerprint density at radius 1 is 0.932 bits per heavy atom. The second-order valence-electron chi connectivity index (χ2n) is 19.8. The average molecular weight is 1020 g/mol. The van der Waals surface area contributed by atoms with Crippen molar-refractivity contribution in [2.24, 2.45) is 17.8 Å². The molecule has 2 aliphatic carbocycles. The molecule has 8 rings (SSSR count). The van der Waals surface area contributed by atoms with Crippen molar-refractivity contribution in [3.8, 4) is 0 Å². The number of rotatable bonds is 20. The molecule has 4 heterocycles. The van der Waals surface area contributed by atoms with Crippen LogP contribution in [0.3, 0.4) is 0 Å². The molecular weight excluding hydrogens is 957 g/mol. The van der Waals surface area contributed by atoms with Crippen LogP contribution in [0.4, 0.5) is 5.69 Å². The van der Waals surface area contributed by atoms with E-state index >= 15 is 0 Å². The van der Waals surface area contributed by atoms with Crippen LogP contribution in [0.5, 0.6) is 0 Å². The highest BCUT2D eigenvalue weighted by Gasteiger charge is 2.54. The maximum Gasteiger partial charge on any atom is 0.338 e. The summed E-state index contributed by atoms with van der Waals surface area (Å²) in [6, 6.07) is 12.6. The molecule has 1 amide bonds. The molecule has 0 bridgehead atoms. The zero-order chi connectivity index (χ0) is 51.9. The van der Waals surface area contributed by atoms with Crippen LogP contribution in [-0.2, 0) is 57.5 Å². The van der Waals surface area contributed by atoms with Gasteiger partial charge in [0.2, 0.25) is 5.91 Å². The molecule has 4 aromatic rings. The van der Waals surface area contributed by atoms with Crippen LogP contribution >= 0.6 is 0 Å². The summed E-state index contributed by atoms with van der Waals surface area (Å²) in [6.07, 6.45) is -9.52. The van der Waals surface area contributed by atoms with E-state index in [-0.39, 0.29) is 43.0 Å². The first-order valence-corrected chi connectivity index (χ1v) is 25.1. The number of non-ortho nitro benzene ring substituents is 1. The summed E-state index contributed by atoms with van der Waals surface area (Å²) in [4.78, 5) is 54.9. The Bertz CT molecular complexity index is 2490. The topological polar surface area (TPSA) is 330 Å². The minimum Gasteiger partial charge on any atom is -0.479 e. The van der Waals surface area contributed by atoms with Crippen molar-refractivity contribution >= 4 is 34.4 Å². The summed E-state index contributed by atoms with van der Waals surface area (Å²) in [6.45, 7) is 2.97. The summed E-state index contributed by atoms with van der Waals surface area (Å²) >= 11 is 0. The van der Waals surface area contributed by atoms with E-state index in [2.05, 4.69) is 20.6 Å². The Morgan fingerprint density at radius 2 is 1.70 bits per heavy atom. The number of nitrogens with one attached hydrogen (secondary N) is 2. The zero-order valence-electron chi connectivity index (χ0n) is 40.7. The number of amides is 1. The Kier molecular flexibility index (Phi) is 17.9. The van der Waals surface area contributed by atoms with Crippen LogP contribution in [0.2, 0.25) is 0 Å². The summed E-state index contributed by atoms with van der Waals surface area (Å²) in [5.74, 6) is -3.87. The normalized spacial score (nSPS) is 31.4. The molecule has 2 saturated carbocycles. The van der Waals surface area contributed by atoms with Gasteiger partial charge in [-0.2, -0.15) is 0 Å². The number of nitro benzene ring substituents is 1. The summed E-state index contributed by atoms with van der Waals surface area (Å²) < 4.78 is 39.0. The predicted octanol–water partition coefficient (Wildman–Crippen LogP) is 2.67. The van der Waals surface area contributed by atoms with Gasteiger partial charge in [0.15, 0.2) is 24.8 Å². The number of carbonyl (C=O) groups is 3. The average Bonchev–Trinajstić information content (AvgIpc) is 4.03. The lowest BCUT2D eigenvalue weighted by Crippen LogP contribution is -2.64. The van der Waals surface area contributed by atoms with E-state index in [0.717, 1.165) is 48.6 Å². The number of carboxylic acids is 1. The Labute approximate surface area is 420 Å². The van der Waals surface area contributed by atoms with Crippen molar-refractivity contribution in [3.05, 3.63) is 87.9 Å². The molecule has 23 heteroatoms. The zero-order valence-corrected chi connectivity index (χ0v) is 40.7. The third-order valence-corrected chi connectivity index (χ3v) is 14.6. The summed E-state index contributed by atoms with van der Waals surface area (Å²) in [7, 11) is 0. The van der Waals surface area contributed by atoms with Gasteiger partial charge in [-0.3, -0.25) is 19.6 Å². The lowest BCUT2D eigenvalue weighted by Gasteiger charge is -2.48. The molecule has 6 unspecified atom stereocenters. The fourth-order valence-electron chi connectivity index (χ4n) is 10.6. The molecule has 2 aliphatic heterocycles. The molecule has 0 spiro atoms. The van der Waals surface area contributed by atoms with Gasteiger partial charge in [0.1, 0.15) is 42.3 Å². The number of H-pyrrole nitrogens is 1. The van der Waals surface area contributed by atoms with Gasteiger partial charge in [0.05, 0.1) is 48.1 Å². The summed E-state index contributed by atoms with van der Waals surface area (Å²) in [5, 5.41) is 88.4. The Morgan fingerprint density at radius 3 is 2.42 bits per heavy atom. The maximum atomic E-state index is 14.1. The molecule has 2 aromatic carbocycles. The quantitative estimate of drug-likeness (QED) is 0.0358. The first-order chi connectivity index (χ1) is 35.1. The third-order valence-electron chi connectivity index (χ3n) is 14.6. The lowest BCUT2D eigenvalue weighted by molar-refractivity contribution is -0.384. The second-order valence-corrected chi connectivity index (χ2v) is 19.8. The van der Waals surface area contributed by atoms with Gasteiger partial charge in [0, 0.05) is 41.7 Å². The van der Waals surface area contributed by atoms with Crippen LogP contribution in [0, 0.1) is 27.9 Å². The fourth-order valence-corrected chi connectivity index (χ4v) is 10.6. The van der Waals surface area contributed by atoms with E-state index < -0.39 is 121 Å². The van der Waals surface area contributed by atoms with Crippen LogP contribution in [0.15, 0.2) is 60.9 Å². The molecule has 23 nitrogen and oxygen atoms in total. The number of aliphatic hydroxyl groups excluding tert-OH is 5. The molecule has 2 aromatic heterocycles. The Hall–Kier alpha value is -5.47. The summed E-state index contributed by atoms with van der Waals surface area (Å²) in [5.41, 5.74) is 2.29. The van der Waals surface area contributed by atoms with E-state index in [1.54, 1.807) is 48.1 Å². The molecule has 398 valence electrons. The highest BCUT2D eigenvalue weighted by atomic mass is 16.7. The van der Waals surface area contributed by atoms with Gasteiger partial charge >= 0.3 is 11.9 Å². The number of carboxylic acid groups (broad SMARTS) is 1. The van der Waals surface area contributed by atoms with Crippen molar-refractivity contribution in [1.82, 2.24) is 25.3 Å². The van der Waals surface area contributed by atoms with Gasteiger partial charge in [-0.1, -0.05) is 62.4 Å². The molecule has 4 aliphatic rings. The van der Waals surface area contributed by atoms with E-state index in [1.807, 2.05) is 6.20 Å². The lowest BCUT2D eigenvalue weighted by atomic mass is 9.77. The van der Waals surface area contributed by atoms with Gasteiger partial charge in [-0.25, -0.2) is 9.59 Å². The molecule has 4 fully saturated rings. The first kappa shape index (κ1) is 53.8. The van der Waals surface area contributed by atoms with Crippen LogP contribution in [-0.4, -0.2) is 160 Å².